The van der Waals surface area contributed by atoms with Gasteiger partial charge in [0.05, 0.1) is 0 Å². The second-order valence-electron chi connectivity index (χ2n) is 9.73. The molecule has 1 atom stereocenters. The first-order valence-corrected chi connectivity index (χ1v) is 13.5. The minimum Gasteiger partial charge on any atom is -0.477 e. The number of hydrogen-bond donors (Lipinski definition) is 6. The lowest BCUT2D eigenvalue weighted by molar-refractivity contribution is -0.371. The SMILES string of the molecule is CCCCCCCCCCCCCCCCCCCCCCC(O)C(O)(O)C(O)(O)C(=O)O. The number of aliphatic hydroxyl groups is 5. The van der Waals surface area contributed by atoms with Crippen LogP contribution >= 0.6 is 0 Å². The van der Waals surface area contributed by atoms with Crippen molar-refractivity contribution in [3.63, 3.8) is 0 Å². The summed E-state index contributed by atoms with van der Waals surface area (Å²) < 4.78 is 0. The summed E-state index contributed by atoms with van der Waals surface area (Å²) in [6, 6.07) is 0. The molecule has 0 saturated heterocycles. The van der Waals surface area contributed by atoms with Crippen LogP contribution in [-0.2, 0) is 4.79 Å². The first-order valence-electron chi connectivity index (χ1n) is 13.5. The Morgan fingerprint density at radius 3 is 1.12 bits per heavy atom. The number of hydrogen-bond acceptors (Lipinski definition) is 6. The van der Waals surface area contributed by atoms with Crippen LogP contribution in [0.4, 0.5) is 0 Å². The fourth-order valence-corrected chi connectivity index (χ4v) is 4.18. The number of carbonyl (C=O) groups is 1. The van der Waals surface area contributed by atoms with Crippen LogP contribution in [0.1, 0.15) is 142 Å². The van der Waals surface area contributed by atoms with Crippen LogP contribution in [0.5, 0.6) is 0 Å². The van der Waals surface area contributed by atoms with Gasteiger partial charge >= 0.3 is 11.8 Å². The summed E-state index contributed by atoms with van der Waals surface area (Å²) >= 11 is 0. The highest BCUT2D eigenvalue weighted by atomic mass is 16.6. The Morgan fingerprint density at radius 1 is 0.576 bits per heavy atom. The minimum absolute atomic E-state index is 0.123. The van der Waals surface area contributed by atoms with E-state index in [2.05, 4.69) is 6.92 Å². The van der Waals surface area contributed by atoms with Gasteiger partial charge in [0.1, 0.15) is 6.10 Å². The molecule has 0 heterocycles. The van der Waals surface area contributed by atoms with Gasteiger partial charge in [-0.05, 0) is 6.42 Å². The van der Waals surface area contributed by atoms with E-state index in [1.165, 1.54) is 96.3 Å². The van der Waals surface area contributed by atoms with E-state index in [9.17, 15) is 30.3 Å². The number of unbranched alkanes of at least 4 members (excludes halogenated alkanes) is 19. The molecule has 0 fully saturated rings. The van der Waals surface area contributed by atoms with Crippen molar-refractivity contribution in [2.24, 2.45) is 0 Å². The van der Waals surface area contributed by atoms with Gasteiger partial charge in [-0.3, -0.25) is 0 Å². The van der Waals surface area contributed by atoms with Crippen molar-refractivity contribution < 1.29 is 35.4 Å². The molecule has 0 aromatic carbocycles. The predicted molar refractivity (Wildman–Crippen MR) is 131 cm³/mol. The first-order chi connectivity index (χ1) is 15.7. The topological polar surface area (TPSA) is 138 Å². The van der Waals surface area contributed by atoms with E-state index in [1.54, 1.807) is 0 Å². The van der Waals surface area contributed by atoms with Crippen molar-refractivity contribution in [2.75, 3.05) is 0 Å². The number of carboxylic acids is 1. The van der Waals surface area contributed by atoms with E-state index in [0.717, 1.165) is 25.7 Å². The molecule has 0 spiro atoms. The van der Waals surface area contributed by atoms with Crippen molar-refractivity contribution in [1.82, 2.24) is 0 Å². The Labute approximate surface area is 201 Å². The molecule has 0 aliphatic heterocycles. The molecule has 0 aromatic rings. The summed E-state index contributed by atoms with van der Waals surface area (Å²) in [7, 11) is 0. The highest BCUT2D eigenvalue weighted by molar-refractivity contribution is 5.76. The van der Waals surface area contributed by atoms with Gasteiger partial charge in [-0.25, -0.2) is 4.79 Å². The van der Waals surface area contributed by atoms with Gasteiger partial charge in [0.25, 0.3) is 5.79 Å². The molecule has 0 aliphatic rings. The third-order valence-electron chi connectivity index (χ3n) is 6.61. The zero-order chi connectivity index (χ0) is 25.0. The standard InChI is InChI=1S/C26H52O7/c1-2-3-4-5-6-7-8-9-10-11-12-13-14-15-16-17-18-19-20-21-22-23(27)25(30,31)26(32,33)24(28)29/h23,27,30-33H,2-22H2,1H3,(H,28,29). The number of aliphatic hydroxyl groups excluding tert-OH is 1. The molecule has 6 N–H and O–H groups in total. The quantitative estimate of drug-likeness (QED) is 0.0850. The van der Waals surface area contributed by atoms with Crippen molar-refractivity contribution in [3.8, 4) is 0 Å². The third-order valence-corrected chi connectivity index (χ3v) is 6.61. The van der Waals surface area contributed by atoms with Crippen molar-refractivity contribution in [1.29, 1.82) is 0 Å². The maximum atomic E-state index is 10.7. The average Bonchev–Trinajstić information content (AvgIpc) is 2.77. The fraction of sp³-hybridized carbons (Fsp3) is 0.962. The Kier molecular flexibility index (Phi) is 19.1. The van der Waals surface area contributed by atoms with E-state index in [-0.39, 0.29) is 6.42 Å². The lowest BCUT2D eigenvalue weighted by Gasteiger charge is -2.34. The lowest BCUT2D eigenvalue weighted by Crippen LogP contribution is -2.65. The molecule has 0 radical (unpaired) electrons. The van der Waals surface area contributed by atoms with Gasteiger partial charge in [-0.1, -0.05) is 135 Å². The van der Waals surface area contributed by atoms with Gasteiger partial charge in [-0.15, -0.1) is 0 Å². The van der Waals surface area contributed by atoms with Crippen LogP contribution in [0.15, 0.2) is 0 Å². The minimum atomic E-state index is -3.82. The average molecular weight is 477 g/mol. The van der Waals surface area contributed by atoms with Gasteiger partial charge in [0, 0.05) is 0 Å². The molecular weight excluding hydrogens is 424 g/mol. The number of carboxylic acid groups (broad SMARTS) is 1. The maximum absolute atomic E-state index is 10.7. The summed E-state index contributed by atoms with van der Waals surface area (Å²) in [6.07, 6.45) is 22.6. The summed E-state index contributed by atoms with van der Waals surface area (Å²) in [6.45, 7) is 2.26. The lowest BCUT2D eigenvalue weighted by atomic mass is 9.95. The molecule has 0 bridgehead atoms. The molecule has 0 aromatic heterocycles. The van der Waals surface area contributed by atoms with Crippen molar-refractivity contribution in [3.05, 3.63) is 0 Å². The van der Waals surface area contributed by atoms with Crippen molar-refractivity contribution in [2.45, 2.75) is 159 Å². The van der Waals surface area contributed by atoms with Crippen LogP contribution in [0.25, 0.3) is 0 Å². The van der Waals surface area contributed by atoms with Gasteiger partial charge < -0.3 is 30.6 Å². The van der Waals surface area contributed by atoms with Crippen LogP contribution in [0, 0.1) is 0 Å². The van der Waals surface area contributed by atoms with Crippen molar-refractivity contribution >= 4 is 5.97 Å². The largest absolute Gasteiger partial charge is 0.477 e. The normalized spacial score (nSPS) is 13.4. The summed E-state index contributed by atoms with van der Waals surface area (Å²) in [5, 5.41) is 56.0. The predicted octanol–water partition coefficient (Wildman–Crippen LogP) is 5.01. The van der Waals surface area contributed by atoms with Crippen LogP contribution < -0.4 is 0 Å². The molecule has 0 saturated carbocycles. The molecule has 0 rings (SSSR count). The van der Waals surface area contributed by atoms with Gasteiger partial charge in [0.15, 0.2) is 0 Å². The molecule has 1 unspecified atom stereocenters. The Bertz CT molecular complexity index is 466. The summed E-state index contributed by atoms with van der Waals surface area (Å²) in [5.74, 6) is -9.57. The Hall–Kier alpha value is -0.730. The van der Waals surface area contributed by atoms with E-state index in [1.807, 2.05) is 0 Å². The zero-order valence-corrected chi connectivity index (χ0v) is 21.0. The van der Waals surface area contributed by atoms with E-state index in [4.69, 9.17) is 5.11 Å². The molecule has 198 valence electrons. The molecule has 7 heteroatoms. The highest BCUT2D eigenvalue weighted by Gasteiger charge is 2.58. The highest BCUT2D eigenvalue weighted by Crippen LogP contribution is 2.25. The second kappa shape index (κ2) is 19.6. The Morgan fingerprint density at radius 2 is 0.848 bits per heavy atom. The van der Waals surface area contributed by atoms with E-state index in [0.29, 0.717) is 6.42 Å². The molecule has 0 aliphatic carbocycles. The molecule has 7 nitrogen and oxygen atoms in total. The van der Waals surface area contributed by atoms with Gasteiger partial charge in [-0.2, -0.15) is 0 Å². The Balaban J connectivity index is 3.41. The van der Waals surface area contributed by atoms with E-state index >= 15 is 0 Å². The summed E-state index contributed by atoms with van der Waals surface area (Å²) in [5.41, 5.74) is 0. The monoisotopic (exact) mass is 476 g/mol. The third kappa shape index (κ3) is 15.0. The maximum Gasteiger partial charge on any atom is 0.370 e. The zero-order valence-electron chi connectivity index (χ0n) is 21.0. The van der Waals surface area contributed by atoms with Crippen LogP contribution in [-0.4, -0.2) is 54.3 Å². The molecule has 0 amide bonds. The summed E-state index contributed by atoms with van der Waals surface area (Å²) in [4.78, 5) is 10.7. The van der Waals surface area contributed by atoms with Gasteiger partial charge in [0.2, 0.25) is 0 Å². The fourth-order valence-electron chi connectivity index (χ4n) is 4.18. The van der Waals surface area contributed by atoms with Crippen LogP contribution in [0.2, 0.25) is 0 Å². The number of aliphatic carboxylic acids is 1. The van der Waals surface area contributed by atoms with E-state index < -0.39 is 23.6 Å². The number of rotatable bonds is 24. The molecular formula is C26H52O7. The molecule has 33 heavy (non-hydrogen) atoms. The first kappa shape index (κ1) is 32.3. The smallest absolute Gasteiger partial charge is 0.370 e. The second-order valence-corrected chi connectivity index (χ2v) is 9.73. The van der Waals surface area contributed by atoms with Crippen LogP contribution in [0.3, 0.4) is 0 Å².